The van der Waals surface area contributed by atoms with E-state index in [1.807, 2.05) is 0 Å². The molecule has 0 aliphatic rings. The molecule has 1 unspecified atom stereocenters. The Morgan fingerprint density at radius 3 is 2.38 bits per heavy atom. The van der Waals surface area contributed by atoms with Crippen LogP contribution in [0.3, 0.4) is 0 Å². The molecule has 0 saturated carbocycles. The van der Waals surface area contributed by atoms with Gasteiger partial charge >= 0.3 is 6.09 Å². The predicted molar refractivity (Wildman–Crippen MR) is 21.8 cm³/mol. The highest BCUT2D eigenvalue weighted by atomic mass is 32.2. The van der Waals surface area contributed by atoms with Crippen LogP contribution in [0.25, 0.3) is 0 Å². The van der Waals surface area contributed by atoms with Gasteiger partial charge in [-0.2, -0.15) is 0 Å². The zero-order valence-electron chi connectivity index (χ0n) is 3.47. The van der Waals surface area contributed by atoms with Crippen molar-refractivity contribution in [3.8, 4) is 0 Å². The molecular formula is CHN2O4S-. The minimum Gasteiger partial charge on any atom is -0.752 e. The quantitative estimate of drug-likeness (QED) is 0.403. The van der Waals surface area contributed by atoms with E-state index >= 15 is 0 Å². The highest BCUT2D eigenvalue weighted by molar-refractivity contribution is 7.77. The van der Waals surface area contributed by atoms with Gasteiger partial charge in [-0.05, 0) is 0 Å². The molecule has 7 heteroatoms. The highest BCUT2D eigenvalue weighted by Gasteiger charge is 1.84. The molecule has 1 atom stereocenters. The van der Waals surface area contributed by atoms with Gasteiger partial charge in [-0.1, -0.05) is 9.63 Å². The molecule has 0 radical (unpaired) electrons. The van der Waals surface area contributed by atoms with Gasteiger partial charge in [0.25, 0.3) is 0 Å². The summed E-state index contributed by atoms with van der Waals surface area (Å²) in [5.41, 5.74) is 0. The van der Waals surface area contributed by atoms with Crippen molar-refractivity contribution in [2.24, 2.45) is 9.63 Å². The van der Waals surface area contributed by atoms with Gasteiger partial charge in [-0.3, -0.25) is 0 Å². The van der Waals surface area contributed by atoms with Crippen LogP contribution in [0, 0.1) is 0 Å². The lowest BCUT2D eigenvalue weighted by Crippen LogP contribution is -1.84. The molecule has 46 valence electrons. The summed E-state index contributed by atoms with van der Waals surface area (Å²) in [6.07, 6.45) is -1.63. The Bertz CT molecular complexity index is 125. The summed E-state index contributed by atoms with van der Waals surface area (Å²) in [5.74, 6) is 0. The Kier molecular flexibility index (Phi) is 2.89. The number of rotatable bonds is 1. The molecule has 0 aliphatic carbocycles. The maximum Gasteiger partial charge on any atom is 0.450 e. The molecule has 0 spiro atoms. The molecule has 0 bridgehead atoms. The second-order valence-corrected chi connectivity index (χ2v) is 1.28. The number of hydrogen-bond acceptors (Lipinski definition) is 3. The fraction of sp³-hybridized carbons (Fsp3) is 0. The minimum absolute atomic E-state index is 1.63. The first kappa shape index (κ1) is 7.18. The van der Waals surface area contributed by atoms with Crippen molar-refractivity contribution in [1.29, 1.82) is 0 Å². The van der Waals surface area contributed by atoms with Gasteiger partial charge in [0, 0.05) is 0 Å². The van der Waals surface area contributed by atoms with Gasteiger partial charge in [0.2, 0.25) is 0 Å². The first-order valence-corrected chi connectivity index (χ1v) is 2.40. The molecule has 0 heterocycles. The standard InChI is InChI=1S/CH2N2O4S/c4-1(5)2-3-8(6)7/h(H,4,5)(H,6,7)/p-1. The SMILES string of the molecule is O=C(O)N=NS(=O)[O-]. The van der Waals surface area contributed by atoms with Gasteiger partial charge in [0.05, 0.1) is 11.3 Å². The van der Waals surface area contributed by atoms with Crippen molar-refractivity contribution >= 4 is 17.4 Å². The summed E-state index contributed by atoms with van der Waals surface area (Å²) in [5, 5.41) is 9.88. The summed E-state index contributed by atoms with van der Waals surface area (Å²) in [7, 11) is 0. The average Bonchev–Trinajstić information content (AvgIpc) is 1.61. The lowest BCUT2D eigenvalue weighted by Gasteiger charge is -1.87. The summed E-state index contributed by atoms with van der Waals surface area (Å²) in [4.78, 5) is 9.37. The number of carboxylic acid groups (broad SMARTS) is 1. The first-order chi connectivity index (χ1) is 3.63. The Labute approximate surface area is 46.7 Å². The van der Waals surface area contributed by atoms with E-state index in [1.165, 1.54) is 0 Å². The van der Waals surface area contributed by atoms with Crippen LogP contribution in [0.5, 0.6) is 0 Å². The fourth-order valence-corrected chi connectivity index (χ4v) is 0.205. The molecule has 0 aromatic carbocycles. The molecule has 0 rings (SSSR count). The van der Waals surface area contributed by atoms with Crippen LogP contribution in [0.4, 0.5) is 4.79 Å². The molecule has 6 nitrogen and oxygen atoms in total. The van der Waals surface area contributed by atoms with E-state index in [2.05, 4.69) is 9.63 Å². The third-order valence-electron chi connectivity index (χ3n) is 0.193. The van der Waals surface area contributed by atoms with Crippen molar-refractivity contribution in [3.05, 3.63) is 0 Å². The zero-order valence-corrected chi connectivity index (χ0v) is 4.29. The van der Waals surface area contributed by atoms with Crippen LogP contribution in [-0.4, -0.2) is 20.0 Å². The van der Waals surface area contributed by atoms with E-state index in [4.69, 9.17) is 5.11 Å². The van der Waals surface area contributed by atoms with Crippen molar-refractivity contribution in [2.75, 3.05) is 0 Å². The summed E-state index contributed by atoms with van der Waals surface area (Å²) < 4.78 is 21.0. The lowest BCUT2D eigenvalue weighted by molar-refractivity contribution is 0.204. The third-order valence-corrected chi connectivity index (χ3v) is 0.408. The fourth-order valence-electron chi connectivity index (χ4n) is 0.0683. The van der Waals surface area contributed by atoms with Crippen LogP contribution in [0.15, 0.2) is 9.63 Å². The van der Waals surface area contributed by atoms with Gasteiger partial charge in [-0.15, -0.1) is 0 Å². The van der Waals surface area contributed by atoms with E-state index in [0.29, 0.717) is 0 Å². The Balaban J connectivity index is 3.67. The molecule has 8 heavy (non-hydrogen) atoms. The summed E-state index contributed by atoms with van der Waals surface area (Å²) in [6, 6.07) is 0. The summed E-state index contributed by atoms with van der Waals surface area (Å²) >= 11 is -2.76. The monoisotopic (exact) mass is 137 g/mol. The molecule has 1 amide bonds. The normalized spacial score (nSPS) is 14.1. The minimum atomic E-state index is -2.76. The van der Waals surface area contributed by atoms with Crippen LogP contribution >= 0.6 is 0 Å². The van der Waals surface area contributed by atoms with E-state index in [0.717, 1.165) is 0 Å². The van der Waals surface area contributed by atoms with Crippen molar-refractivity contribution in [2.45, 2.75) is 0 Å². The first-order valence-electron chi connectivity index (χ1n) is 1.37. The molecular weight excluding hydrogens is 136 g/mol. The topological polar surface area (TPSA) is 102 Å². The predicted octanol–water partition coefficient (Wildman–Crippen LogP) is -0.0893. The lowest BCUT2D eigenvalue weighted by atomic mass is 11.3. The van der Waals surface area contributed by atoms with Gasteiger partial charge in [0.15, 0.2) is 0 Å². The maximum atomic E-state index is 9.38. The molecule has 0 saturated heterocycles. The second kappa shape index (κ2) is 3.22. The largest absolute Gasteiger partial charge is 0.752 e. The van der Waals surface area contributed by atoms with Crippen molar-refractivity contribution < 1.29 is 18.7 Å². The van der Waals surface area contributed by atoms with Crippen molar-refractivity contribution in [1.82, 2.24) is 0 Å². The van der Waals surface area contributed by atoms with E-state index in [-0.39, 0.29) is 0 Å². The van der Waals surface area contributed by atoms with Gasteiger partial charge in [0.1, 0.15) is 0 Å². The van der Waals surface area contributed by atoms with Gasteiger partial charge < -0.3 is 9.66 Å². The molecule has 0 fully saturated rings. The second-order valence-electron chi connectivity index (χ2n) is 0.681. The Morgan fingerprint density at radius 2 is 2.25 bits per heavy atom. The molecule has 0 aromatic rings. The van der Waals surface area contributed by atoms with Gasteiger partial charge in [-0.25, -0.2) is 9.00 Å². The average molecular weight is 137 g/mol. The summed E-state index contributed by atoms with van der Waals surface area (Å²) in [6.45, 7) is 0. The van der Waals surface area contributed by atoms with Crippen LogP contribution in [0.1, 0.15) is 0 Å². The van der Waals surface area contributed by atoms with Crippen LogP contribution < -0.4 is 0 Å². The highest BCUT2D eigenvalue weighted by Crippen LogP contribution is 1.78. The number of nitrogens with zero attached hydrogens (tertiary/aromatic N) is 2. The zero-order chi connectivity index (χ0) is 6.57. The Morgan fingerprint density at radius 1 is 1.75 bits per heavy atom. The molecule has 0 aliphatic heterocycles. The van der Waals surface area contributed by atoms with Crippen LogP contribution in [0.2, 0.25) is 0 Å². The number of hydrogen-bond donors (Lipinski definition) is 1. The number of carbonyl (C=O) groups is 1. The van der Waals surface area contributed by atoms with E-state index in [1.54, 1.807) is 0 Å². The maximum absolute atomic E-state index is 9.38. The van der Waals surface area contributed by atoms with E-state index in [9.17, 15) is 13.6 Å². The van der Waals surface area contributed by atoms with E-state index < -0.39 is 17.4 Å². The third kappa shape index (κ3) is 5.18. The smallest absolute Gasteiger partial charge is 0.450 e. The number of amides is 1. The van der Waals surface area contributed by atoms with Crippen LogP contribution in [-0.2, 0) is 11.3 Å². The Hall–Kier alpha value is -0.820. The van der Waals surface area contributed by atoms with Crippen molar-refractivity contribution in [3.63, 3.8) is 0 Å². The molecule has 1 N–H and O–H groups in total. The molecule has 0 aromatic heterocycles.